The zero-order chi connectivity index (χ0) is 23.5. The smallest absolute Gasteiger partial charge is 0.100 e. The quantitative estimate of drug-likeness (QED) is 0.204. The van der Waals surface area contributed by atoms with Crippen molar-refractivity contribution in [3.63, 3.8) is 0 Å². The zero-order valence-corrected chi connectivity index (χ0v) is 21.1. The maximum atomic E-state index is 5.59. The third-order valence-corrected chi connectivity index (χ3v) is 5.49. The Labute approximate surface area is 192 Å². The van der Waals surface area contributed by atoms with Crippen molar-refractivity contribution in [2.24, 2.45) is 16.6 Å². The Morgan fingerprint density at radius 2 is 2.00 bits per heavy atom. The van der Waals surface area contributed by atoms with E-state index in [0.717, 1.165) is 38.1 Å². The molecule has 1 aliphatic rings. The number of aliphatic imine (C=N–C) groups is 1. The van der Waals surface area contributed by atoms with Gasteiger partial charge in [-0.05, 0) is 64.2 Å². The van der Waals surface area contributed by atoms with Crippen LogP contribution >= 0.6 is 0 Å². The molecule has 1 atom stereocenters. The number of nitrogens with two attached hydrogens (primary N) is 1. The van der Waals surface area contributed by atoms with E-state index in [2.05, 4.69) is 67.0 Å². The van der Waals surface area contributed by atoms with Gasteiger partial charge in [0.05, 0.1) is 0 Å². The van der Waals surface area contributed by atoms with Crippen LogP contribution in [0.2, 0.25) is 0 Å². The summed E-state index contributed by atoms with van der Waals surface area (Å²) < 4.78 is 0. The van der Waals surface area contributed by atoms with Crippen molar-refractivity contribution in [3.05, 3.63) is 60.0 Å². The molecule has 3 N–H and O–H groups in total. The van der Waals surface area contributed by atoms with E-state index < -0.39 is 0 Å². The van der Waals surface area contributed by atoms with E-state index in [9.17, 15) is 0 Å². The lowest BCUT2D eigenvalue weighted by molar-refractivity contribution is 0.331. The molecule has 4 heteroatoms. The maximum Gasteiger partial charge on any atom is 0.100 e. The Morgan fingerprint density at radius 1 is 1.26 bits per heavy atom. The fourth-order valence-corrected chi connectivity index (χ4v) is 3.39. The first-order valence-electron chi connectivity index (χ1n) is 12.0. The minimum atomic E-state index is 0.386. The third-order valence-electron chi connectivity index (χ3n) is 5.49. The number of hydrogen-bond donors (Lipinski definition) is 2. The molecule has 0 heterocycles. The highest BCUT2D eigenvalue weighted by Crippen LogP contribution is 2.30. The first-order chi connectivity index (χ1) is 15.0. The van der Waals surface area contributed by atoms with Crippen molar-refractivity contribution in [2.45, 2.75) is 72.6 Å². The second-order valence-corrected chi connectivity index (χ2v) is 7.92. The number of nitrogens with one attached hydrogen (secondary N) is 1. The van der Waals surface area contributed by atoms with Crippen LogP contribution < -0.4 is 11.1 Å². The van der Waals surface area contributed by atoms with Gasteiger partial charge < -0.3 is 16.0 Å². The van der Waals surface area contributed by atoms with E-state index in [1.54, 1.807) is 6.20 Å². The van der Waals surface area contributed by atoms with Crippen molar-refractivity contribution in [2.75, 3.05) is 27.2 Å². The van der Waals surface area contributed by atoms with Crippen LogP contribution in [0.15, 0.2) is 65.0 Å². The van der Waals surface area contributed by atoms with E-state index >= 15 is 0 Å². The highest BCUT2D eigenvalue weighted by atomic mass is 15.1. The number of allylic oxidation sites excluding steroid dienone is 6. The Bertz CT molecular complexity index is 638. The lowest BCUT2D eigenvalue weighted by atomic mass is 9.84. The van der Waals surface area contributed by atoms with E-state index in [4.69, 9.17) is 5.73 Å². The molecule has 0 aromatic heterocycles. The van der Waals surface area contributed by atoms with Gasteiger partial charge >= 0.3 is 0 Å². The molecule has 31 heavy (non-hydrogen) atoms. The number of rotatable bonds is 13. The number of amidine groups is 1. The van der Waals surface area contributed by atoms with Crippen molar-refractivity contribution in [1.29, 1.82) is 0 Å². The van der Waals surface area contributed by atoms with Crippen molar-refractivity contribution >= 4 is 5.84 Å². The molecule has 1 rings (SSSR count). The molecule has 1 unspecified atom stereocenters. The highest BCUT2D eigenvalue weighted by Gasteiger charge is 2.15. The summed E-state index contributed by atoms with van der Waals surface area (Å²) in [4.78, 5) is 6.79. The van der Waals surface area contributed by atoms with Gasteiger partial charge in [-0.2, -0.15) is 0 Å². The van der Waals surface area contributed by atoms with Gasteiger partial charge in [-0.1, -0.05) is 75.6 Å². The topological polar surface area (TPSA) is 53.7 Å². The molecule has 0 aromatic rings. The van der Waals surface area contributed by atoms with Crippen LogP contribution in [0.25, 0.3) is 0 Å². The summed E-state index contributed by atoms with van der Waals surface area (Å²) in [5.74, 6) is 1.39. The molecule has 176 valence electrons. The normalized spacial score (nSPS) is 16.9. The molecule has 0 bridgehead atoms. The predicted octanol–water partition coefficient (Wildman–Crippen LogP) is 6.36. The molecule has 0 saturated heterocycles. The Morgan fingerprint density at radius 3 is 2.65 bits per heavy atom. The molecule has 0 radical (unpaired) electrons. The molecule has 0 amide bonds. The van der Waals surface area contributed by atoms with Gasteiger partial charge in [-0.3, -0.25) is 4.99 Å². The number of hydrogen-bond acceptors (Lipinski definition) is 3. The zero-order valence-electron chi connectivity index (χ0n) is 21.1. The van der Waals surface area contributed by atoms with Gasteiger partial charge in [0.25, 0.3) is 0 Å². The molecule has 0 fully saturated rings. The summed E-state index contributed by atoms with van der Waals surface area (Å²) in [6.07, 6.45) is 20.0. The van der Waals surface area contributed by atoms with Gasteiger partial charge in [0.2, 0.25) is 0 Å². The van der Waals surface area contributed by atoms with Crippen LogP contribution in [0, 0.1) is 5.92 Å². The molecule has 0 saturated carbocycles. The molecule has 0 aliphatic heterocycles. The lowest BCUT2D eigenvalue weighted by Gasteiger charge is -2.21. The van der Waals surface area contributed by atoms with E-state index in [1.165, 1.54) is 42.5 Å². The molecule has 1 aliphatic carbocycles. The first-order valence-corrected chi connectivity index (χ1v) is 12.0. The van der Waals surface area contributed by atoms with Crippen molar-refractivity contribution < 1.29 is 0 Å². The average molecular weight is 429 g/mol. The van der Waals surface area contributed by atoms with Gasteiger partial charge in [0.1, 0.15) is 5.84 Å². The lowest BCUT2D eigenvalue weighted by Crippen LogP contribution is -2.21. The monoisotopic (exact) mass is 428 g/mol. The fourth-order valence-electron chi connectivity index (χ4n) is 3.39. The molecular formula is C27H48N4. The Balaban J connectivity index is 0.00000436. The number of unbranched alkanes of at least 4 members (excludes halogenated alkanes) is 2. The van der Waals surface area contributed by atoms with Crippen LogP contribution in [0.4, 0.5) is 0 Å². The fraction of sp³-hybridized carbons (Fsp3) is 0.593. The molecular weight excluding hydrogens is 380 g/mol. The van der Waals surface area contributed by atoms with Crippen LogP contribution in [0.5, 0.6) is 0 Å². The minimum absolute atomic E-state index is 0.386. The maximum absolute atomic E-state index is 5.59. The molecule has 0 aromatic carbocycles. The minimum Gasteiger partial charge on any atom is -0.405 e. The van der Waals surface area contributed by atoms with E-state index in [-0.39, 0.29) is 0 Å². The second-order valence-electron chi connectivity index (χ2n) is 7.92. The van der Waals surface area contributed by atoms with Crippen LogP contribution in [-0.2, 0) is 0 Å². The summed E-state index contributed by atoms with van der Waals surface area (Å²) >= 11 is 0. The van der Waals surface area contributed by atoms with Gasteiger partial charge in [0.15, 0.2) is 0 Å². The summed E-state index contributed by atoms with van der Waals surface area (Å²) in [5.41, 5.74) is 9.44. The summed E-state index contributed by atoms with van der Waals surface area (Å²) in [5, 5.41) is 3.34. The molecule has 4 nitrogen and oxygen atoms in total. The Kier molecular flexibility index (Phi) is 17.4. The highest BCUT2D eigenvalue weighted by molar-refractivity contribution is 5.83. The van der Waals surface area contributed by atoms with E-state index in [0.29, 0.717) is 5.92 Å². The van der Waals surface area contributed by atoms with E-state index in [1.807, 2.05) is 27.1 Å². The van der Waals surface area contributed by atoms with Gasteiger partial charge in [0, 0.05) is 25.9 Å². The largest absolute Gasteiger partial charge is 0.405 e. The summed E-state index contributed by atoms with van der Waals surface area (Å²) in [7, 11) is 4.04. The first kappa shape index (κ1) is 28.9. The summed E-state index contributed by atoms with van der Waals surface area (Å²) in [6.45, 7) is 15.0. The average Bonchev–Trinajstić information content (AvgIpc) is 2.78. The van der Waals surface area contributed by atoms with Crippen LogP contribution in [-0.4, -0.2) is 37.9 Å². The standard InChI is InChI=1S/C25H42N4.C2H6/c1-6-7-9-18-29(5)19-10-8-17-28-25(27-4)14-12-22(3)23-13-11-21(2)24(20-23)15-16-26;1-2/h8,11,13,15-17,24H,3,6-7,9-10,12,14,18-20,26H2,1-2,4-5H3,(H,27,28);1-2H3/b16-15-,17-8+;. The van der Waals surface area contributed by atoms with Crippen LogP contribution in [0.3, 0.4) is 0 Å². The summed E-state index contributed by atoms with van der Waals surface area (Å²) in [6, 6.07) is 0. The number of nitrogens with zero attached hydrogens (tertiary/aromatic N) is 2. The van der Waals surface area contributed by atoms with Crippen molar-refractivity contribution in [3.8, 4) is 0 Å². The SMILES string of the molecule is C=C(CCC(=NC)N/C=C/CCN(C)CCCCC)C1=CC=C(C)C(/C=C\N)C1.CC. The van der Waals surface area contributed by atoms with Gasteiger partial charge in [-0.25, -0.2) is 0 Å². The Hall–Kier alpha value is -2.07. The van der Waals surface area contributed by atoms with Gasteiger partial charge in [-0.15, -0.1) is 0 Å². The third kappa shape index (κ3) is 13.1. The second kappa shape index (κ2) is 18.7. The van der Waals surface area contributed by atoms with Crippen LogP contribution in [0.1, 0.15) is 72.6 Å². The van der Waals surface area contributed by atoms with Crippen molar-refractivity contribution in [1.82, 2.24) is 10.2 Å². The molecule has 0 spiro atoms. The predicted molar refractivity (Wildman–Crippen MR) is 140 cm³/mol.